The van der Waals surface area contributed by atoms with Crippen LogP contribution in [0.3, 0.4) is 0 Å². The second-order valence-electron chi connectivity index (χ2n) is 6.66. The number of benzene rings is 2. The zero-order chi connectivity index (χ0) is 19.8. The molecule has 2 aromatic heterocycles. The highest BCUT2D eigenvalue weighted by atomic mass is 35.5. The first-order valence-electron chi connectivity index (χ1n) is 8.72. The summed E-state index contributed by atoms with van der Waals surface area (Å²) in [6.07, 6.45) is 0. The summed E-state index contributed by atoms with van der Waals surface area (Å²) in [5.74, 6) is 0.653. The Bertz CT molecular complexity index is 1310. The van der Waals surface area contributed by atoms with Crippen molar-refractivity contribution in [2.24, 2.45) is 0 Å². The monoisotopic (exact) mass is 405 g/mol. The van der Waals surface area contributed by atoms with Crippen molar-refractivity contribution in [3.8, 4) is 17.2 Å². The van der Waals surface area contributed by atoms with Crippen LogP contribution in [0.15, 0.2) is 52.6 Å². The molecular formula is C22H16ClN3OS. The van der Waals surface area contributed by atoms with Gasteiger partial charge in [-0.3, -0.25) is 9.36 Å². The lowest BCUT2D eigenvalue weighted by atomic mass is 10.0. The van der Waals surface area contributed by atoms with Gasteiger partial charge in [0.05, 0.1) is 23.6 Å². The Hall–Kier alpha value is -2.94. The quantitative estimate of drug-likeness (QED) is 0.463. The van der Waals surface area contributed by atoms with Gasteiger partial charge in [0.1, 0.15) is 10.7 Å². The Morgan fingerprint density at radius 3 is 2.79 bits per heavy atom. The highest BCUT2D eigenvalue weighted by Crippen LogP contribution is 2.33. The smallest absolute Gasteiger partial charge is 0.263 e. The molecule has 2 aromatic carbocycles. The molecule has 0 bridgehead atoms. The number of thiophene rings is 1. The first-order valence-corrected chi connectivity index (χ1v) is 9.98. The van der Waals surface area contributed by atoms with Crippen LogP contribution in [0, 0.1) is 25.2 Å². The van der Waals surface area contributed by atoms with Gasteiger partial charge in [0.2, 0.25) is 0 Å². The van der Waals surface area contributed by atoms with E-state index in [2.05, 4.69) is 11.1 Å². The van der Waals surface area contributed by atoms with Crippen molar-refractivity contribution in [2.75, 3.05) is 0 Å². The summed E-state index contributed by atoms with van der Waals surface area (Å²) in [6.45, 7) is 4.15. The van der Waals surface area contributed by atoms with Crippen molar-refractivity contribution in [3.05, 3.63) is 85.7 Å². The molecule has 6 heteroatoms. The fourth-order valence-electron chi connectivity index (χ4n) is 3.26. The number of hydrogen-bond donors (Lipinski definition) is 0. The van der Waals surface area contributed by atoms with Gasteiger partial charge in [0, 0.05) is 16.0 Å². The van der Waals surface area contributed by atoms with E-state index in [0.29, 0.717) is 28.3 Å². The standard InChI is InChI=1S/C22H16ClN3OS/c1-13-8-17(6-7-19(13)23)18-12-28-21-20(18)22(27)26(14(2)25-21)11-16-5-3-4-15(9-16)10-24/h3-9,12H,11H2,1-2H3. The zero-order valence-corrected chi connectivity index (χ0v) is 16.9. The number of nitrogens with zero attached hydrogens (tertiary/aromatic N) is 3. The molecule has 0 N–H and O–H groups in total. The molecule has 0 saturated carbocycles. The van der Waals surface area contributed by atoms with E-state index in [-0.39, 0.29) is 5.56 Å². The molecule has 0 amide bonds. The first kappa shape index (κ1) is 18.4. The average Bonchev–Trinajstić information content (AvgIpc) is 3.11. The van der Waals surface area contributed by atoms with Crippen LogP contribution in [0.1, 0.15) is 22.5 Å². The number of aryl methyl sites for hydroxylation is 2. The van der Waals surface area contributed by atoms with Crippen molar-refractivity contribution in [1.29, 1.82) is 5.26 Å². The summed E-state index contributed by atoms with van der Waals surface area (Å²) in [6, 6.07) is 15.2. The lowest BCUT2D eigenvalue weighted by molar-refractivity contribution is 0.714. The van der Waals surface area contributed by atoms with Crippen LogP contribution in [0.4, 0.5) is 0 Å². The molecule has 0 fully saturated rings. The normalized spacial score (nSPS) is 10.9. The fourth-order valence-corrected chi connectivity index (χ4v) is 4.36. The van der Waals surface area contributed by atoms with Gasteiger partial charge in [-0.2, -0.15) is 5.26 Å². The molecule has 28 heavy (non-hydrogen) atoms. The van der Waals surface area contributed by atoms with Crippen LogP contribution in [-0.4, -0.2) is 9.55 Å². The number of halogens is 1. The highest BCUT2D eigenvalue weighted by molar-refractivity contribution is 7.17. The minimum atomic E-state index is -0.0753. The maximum absolute atomic E-state index is 13.4. The predicted molar refractivity (Wildman–Crippen MR) is 114 cm³/mol. The Kier molecular flexibility index (Phi) is 4.76. The summed E-state index contributed by atoms with van der Waals surface area (Å²) >= 11 is 7.62. The van der Waals surface area contributed by atoms with E-state index >= 15 is 0 Å². The van der Waals surface area contributed by atoms with Gasteiger partial charge in [-0.05, 0) is 54.8 Å². The van der Waals surface area contributed by atoms with Crippen molar-refractivity contribution >= 4 is 33.2 Å². The number of nitriles is 1. The van der Waals surface area contributed by atoms with E-state index in [1.807, 2.05) is 49.6 Å². The van der Waals surface area contributed by atoms with Gasteiger partial charge in [-0.25, -0.2) is 4.98 Å². The molecule has 0 spiro atoms. The molecule has 138 valence electrons. The van der Waals surface area contributed by atoms with Gasteiger partial charge in [-0.15, -0.1) is 11.3 Å². The Morgan fingerprint density at radius 2 is 2.04 bits per heavy atom. The van der Waals surface area contributed by atoms with Gasteiger partial charge >= 0.3 is 0 Å². The van der Waals surface area contributed by atoms with Crippen molar-refractivity contribution < 1.29 is 0 Å². The lowest BCUT2D eigenvalue weighted by Gasteiger charge is -2.11. The minimum Gasteiger partial charge on any atom is -0.292 e. The molecule has 4 nitrogen and oxygen atoms in total. The van der Waals surface area contributed by atoms with E-state index in [0.717, 1.165) is 27.1 Å². The summed E-state index contributed by atoms with van der Waals surface area (Å²) in [5, 5.41) is 12.4. The summed E-state index contributed by atoms with van der Waals surface area (Å²) in [4.78, 5) is 18.7. The molecule has 4 aromatic rings. The molecular weight excluding hydrogens is 390 g/mol. The molecule has 0 saturated heterocycles. The Labute approximate surface area is 171 Å². The third kappa shape index (κ3) is 3.22. The van der Waals surface area contributed by atoms with Gasteiger partial charge in [-0.1, -0.05) is 29.8 Å². The molecule has 0 aliphatic rings. The van der Waals surface area contributed by atoms with E-state index in [1.165, 1.54) is 11.3 Å². The topological polar surface area (TPSA) is 58.7 Å². The molecule has 0 aliphatic heterocycles. The maximum atomic E-state index is 13.4. The molecule has 0 unspecified atom stereocenters. The van der Waals surface area contributed by atoms with E-state index in [1.54, 1.807) is 16.7 Å². The zero-order valence-electron chi connectivity index (χ0n) is 15.4. The Morgan fingerprint density at radius 1 is 1.21 bits per heavy atom. The number of hydrogen-bond acceptors (Lipinski definition) is 4. The van der Waals surface area contributed by atoms with Gasteiger partial charge in [0.15, 0.2) is 0 Å². The highest BCUT2D eigenvalue weighted by Gasteiger charge is 2.16. The minimum absolute atomic E-state index is 0.0753. The van der Waals surface area contributed by atoms with E-state index in [9.17, 15) is 4.79 Å². The first-order chi connectivity index (χ1) is 13.5. The molecule has 0 aliphatic carbocycles. The fraction of sp³-hybridized carbons (Fsp3) is 0.136. The largest absolute Gasteiger partial charge is 0.292 e. The second-order valence-corrected chi connectivity index (χ2v) is 7.92. The van der Waals surface area contributed by atoms with Crippen LogP contribution in [0.2, 0.25) is 5.02 Å². The predicted octanol–water partition coefficient (Wildman–Crippen LogP) is 5.32. The third-order valence-electron chi connectivity index (χ3n) is 4.75. The van der Waals surface area contributed by atoms with E-state index in [4.69, 9.17) is 16.9 Å². The SMILES string of the molecule is Cc1cc(-c2csc3nc(C)n(Cc4cccc(C#N)c4)c(=O)c23)ccc1Cl. The summed E-state index contributed by atoms with van der Waals surface area (Å²) in [5.41, 5.74) is 4.18. The number of aromatic nitrogens is 2. The van der Waals surface area contributed by atoms with Crippen LogP contribution in [0.25, 0.3) is 21.3 Å². The molecule has 0 atom stereocenters. The van der Waals surface area contributed by atoms with E-state index < -0.39 is 0 Å². The van der Waals surface area contributed by atoms with Crippen LogP contribution in [-0.2, 0) is 6.54 Å². The summed E-state index contributed by atoms with van der Waals surface area (Å²) < 4.78 is 1.66. The molecule has 2 heterocycles. The maximum Gasteiger partial charge on any atom is 0.263 e. The van der Waals surface area contributed by atoms with Crippen LogP contribution < -0.4 is 5.56 Å². The van der Waals surface area contributed by atoms with Crippen molar-refractivity contribution in [3.63, 3.8) is 0 Å². The summed E-state index contributed by atoms with van der Waals surface area (Å²) in [7, 11) is 0. The average molecular weight is 406 g/mol. The van der Waals surface area contributed by atoms with Crippen molar-refractivity contribution in [1.82, 2.24) is 9.55 Å². The van der Waals surface area contributed by atoms with Crippen LogP contribution in [0.5, 0.6) is 0 Å². The molecule has 4 rings (SSSR count). The third-order valence-corrected chi connectivity index (χ3v) is 6.05. The Balaban J connectivity index is 1.88. The van der Waals surface area contributed by atoms with Gasteiger partial charge in [0.25, 0.3) is 5.56 Å². The molecule has 0 radical (unpaired) electrons. The van der Waals surface area contributed by atoms with Gasteiger partial charge < -0.3 is 0 Å². The van der Waals surface area contributed by atoms with Crippen LogP contribution >= 0.6 is 22.9 Å². The number of fused-ring (bicyclic) bond motifs is 1. The van der Waals surface area contributed by atoms with Crippen molar-refractivity contribution in [2.45, 2.75) is 20.4 Å². The number of rotatable bonds is 3. The second kappa shape index (κ2) is 7.23. The lowest BCUT2D eigenvalue weighted by Crippen LogP contribution is -2.24.